The minimum absolute atomic E-state index is 0.0510. The minimum atomic E-state index is -1.18. The molecule has 1 aliphatic carbocycles. The molecule has 1 aliphatic rings. The number of aromatic carboxylic acids is 2. The summed E-state index contributed by atoms with van der Waals surface area (Å²) < 4.78 is 0. The molecule has 0 radical (unpaired) electrons. The van der Waals surface area contributed by atoms with E-state index in [1.54, 1.807) is 13.0 Å². The van der Waals surface area contributed by atoms with E-state index in [0.717, 1.165) is 17.3 Å². The fourth-order valence-electron chi connectivity index (χ4n) is 2.53. The fourth-order valence-corrected chi connectivity index (χ4v) is 2.53. The summed E-state index contributed by atoms with van der Waals surface area (Å²) in [6.07, 6.45) is 10.0. The van der Waals surface area contributed by atoms with Crippen molar-refractivity contribution in [1.82, 2.24) is 4.98 Å². The van der Waals surface area contributed by atoms with Crippen molar-refractivity contribution in [2.75, 3.05) is 0 Å². The molecule has 2 N–H and O–H groups in total. The normalized spacial score (nSPS) is 13.2. The maximum absolute atomic E-state index is 11.2. The summed E-state index contributed by atoms with van der Waals surface area (Å²) in [5, 5.41) is 18.6. The Morgan fingerprint density at radius 2 is 1.58 bits per heavy atom. The zero-order chi connectivity index (χ0) is 17.7. The van der Waals surface area contributed by atoms with Crippen LogP contribution in [0.3, 0.4) is 0 Å². The highest BCUT2D eigenvalue weighted by Crippen LogP contribution is 2.22. The van der Waals surface area contributed by atoms with Crippen LogP contribution in [-0.4, -0.2) is 27.1 Å². The van der Waals surface area contributed by atoms with Crippen LogP contribution in [0.1, 0.15) is 57.7 Å². The predicted octanol–water partition coefficient (Wildman–Crippen LogP) is 4.36. The van der Waals surface area contributed by atoms with E-state index >= 15 is 0 Å². The van der Waals surface area contributed by atoms with Crippen molar-refractivity contribution in [2.24, 2.45) is 0 Å². The lowest BCUT2D eigenvalue weighted by molar-refractivity contribution is 0.0696. The number of hydrogen-bond donors (Lipinski definition) is 2. The molecule has 0 amide bonds. The second-order valence-corrected chi connectivity index (χ2v) is 5.85. The lowest BCUT2D eigenvalue weighted by Gasteiger charge is -2.07. The summed E-state index contributed by atoms with van der Waals surface area (Å²) in [6, 6.07) is 4.31. The molecule has 126 valence electrons. The highest BCUT2D eigenvalue weighted by atomic mass is 16.4. The van der Waals surface area contributed by atoms with Gasteiger partial charge in [0, 0.05) is 11.1 Å². The Kier molecular flexibility index (Phi) is 5.68. The van der Waals surface area contributed by atoms with Crippen molar-refractivity contribution in [2.45, 2.75) is 39.5 Å². The number of carboxylic acids is 2. The number of benzene rings is 1. The van der Waals surface area contributed by atoms with E-state index in [1.165, 1.54) is 31.7 Å². The van der Waals surface area contributed by atoms with Gasteiger partial charge in [-0.15, -0.1) is 0 Å². The number of fused-ring (bicyclic) bond motifs is 1. The standard InChI is InChI=1S/C13H11NO4.C6H10/c1-6-3-8-4-9(12(15)16)5-10(13(17)18)11(8)14-7(6)2;1-2-4-6-5-3-1/h3-5H,1-2H3,(H,15,16)(H,17,18);1-2H,3-6H2. The summed E-state index contributed by atoms with van der Waals surface area (Å²) in [7, 11) is 0. The number of pyridine rings is 1. The van der Waals surface area contributed by atoms with Crippen molar-refractivity contribution < 1.29 is 19.8 Å². The lowest BCUT2D eigenvalue weighted by Crippen LogP contribution is -2.05. The van der Waals surface area contributed by atoms with Crippen LogP contribution in [0, 0.1) is 13.8 Å². The largest absolute Gasteiger partial charge is 0.478 e. The molecule has 0 saturated heterocycles. The third kappa shape index (κ3) is 4.19. The maximum Gasteiger partial charge on any atom is 0.337 e. The fraction of sp³-hybridized carbons (Fsp3) is 0.316. The Hall–Kier alpha value is -2.69. The Labute approximate surface area is 140 Å². The Bertz CT molecular complexity index is 801. The van der Waals surface area contributed by atoms with Crippen LogP contribution in [-0.2, 0) is 0 Å². The quantitative estimate of drug-likeness (QED) is 0.800. The first kappa shape index (κ1) is 17.7. The van der Waals surface area contributed by atoms with E-state index in [1.807, 2.05) is 6.92 Å². The van der Waals surface area contributed by atoms with Crippen LogP contribution < -0.4 is 0 Å². The predicted molar refractivity (Wildman–Crippen MR) is 92.7 cm³/mol. The van der Waals surface area contributed by atoms with Crippen LogP contribution in [0.2, 0.25) is 0 Å². The van der Waals surface area contributed by atoms with E-state index in [2.05, 4.69) is 17.1 Å². The molecule has 1 aromatic heterocycles. The van der Waals surface area contributed by atoms with Gasteiger partial charge in [0.1, 0.15) is 0 Å². The molecule has 0 aliphatic heterocycles. The smallest absolute Gasteiger partial charge is 0.337 e. The number of hydrogen-bond acceptors (Lipinski definition) is 3. The molecule has 0 fully saturated rings. The number of carboxylic acid groups (broad SMARTS) is 2. The molecule has 5 heteroatoms. The minimum Gasteiger partial charge on any atom is -0.478 e. The van der Waals surface area contributed by atoms with Crippen molar-refractivity contribution >= 4 is 22.8 Å². The SMILES string of the molecule is C1=CCCCC1.Cc1cc2cc(C(=O)O)cc(C(=O)O)c2nc1C. The van der Waals surface area contributed by atoms with E-state index in [-0.39, 0.29) is 11.1 Å². The van der Waals surface area contributed by atoms with E-state index in [9.17, 15) is 9.59 Å². The van der Waals surface area contributed by atoms with Crippen LogP contribution >= 0.6 is 0 Å². The first-order chi connectivity index (χ1) is 11.4. The summed E-state index contributed by atoms with van der Waals surface area (Å²) in [4.78, 5) is 26.3. The van der Waals surface area contributed by atoms with Gasteiger partial charge in [-0.1, -0.05) is 12.2 Å². The molecule has 0 bridgehead atoms. The van der Waals surface area contributed by atoms with Gasteiger partial charge in [-0.2, -0.15) is 0 Å². The summed E-state index contributed by atoms with van der Waals surface area (Å²) in [6.45, 7) is 3.63. The molecule has 1 heterocycles. The molecule has 0 unspecified atom stereocenters. The molecule has 2 aromatic rings. The first-order valence-corrected chi connectivity index (χ1v) is 7.93. The average Bonchev–Trinajstić information content (AvgIpc) is 2.57. The van der Waals surface area contributed by atoms with E-state index in [4.69, 9.17) is 10.2 Å². The van der Waals surface area contributed by atoms with Gasteiger partial charge in [0.25, 0.3) is 0 Å². The van der Waals surface area contributed by atoms with Gasteiger partial charge < -0.3 is 10.2 Å². The number of aromatic nitrogens is 1. The third-order valence-corrected chi connectivity index (χ3v) is 4.00. The molecule has 0 atom stereocenters. The van der Waals surface area contributed by atoms with Crippen molar-refractivity contribution in [3.63, 3.8) is 0 Å². The first-order valence-electron chi connectivity index (χ1n) is 7.93. The number of allylic oxidation sites excluding steroid dienone is 2. The van der Waals surface area contributed by atoms with Gasteiger partial charge in [-0.3, -0.25) is 4.98 Å². The van der Waals surface area contributed by atoms with Crippen molar-refractivity contribution in [3.05, 3.63) is 52.7 Å². The van der Waals surface area contributed by atoms with Gasteiger partial charge in [-0.05, 0) is 63.3 Å². The molecule has 1 aromatic carbocycles. The summed E-state index contributed by atoms with van der Waals surface area (Å²) in [5.41, 5.74) is 1.79. The molecule has 3 rings (SSSR count). The van der Waals surface area contributed by atoms with Gasteiger partial charge in [-0.25, -0.2) is 9.59 Å². The number of aryl methyl sites for hydroxylation is 2. The topological polar surface area (TPSA) is 87.5 Å². The zero-order valence-corrected chi connectivity index (χ0v) is 13.9. The highest BCUT2D eigenvalue weighted by Gasteiger charge is 2.15. The molecule has 0 saturated carbocycles. The molecule has 5 nitrogen and oxygen atoms in total. The highest BCUT2D eigenvalue weighted by molar-refractivity contribution is 6.05. The number of carbonyl (C=O) groups is 2. The van der Waals surface area contributed by atoms with Crippen molar-refractivity contribution in [1.29, 1.82) is 0 Å². The Morgan fingerprint density at radius 3 is 2.04 bits per heavy atom. The second-order valence-electron chi connectivity index (χ2n) is 5.85. The molecular weight excluding hydrogens is 306 g/mol. The maximum atomic E-state index is 11.2. The second kappa shape index (κ2) is 7.73. The number of rotatable bonds is 2. The van der Waals surface area contributed by atoms with Crippen LogP contribution in [0.25, 0.3) is 10.9 Å². The van der Waals surface area contributed by atoms with Crippen LogP contribution in [0.15, 0.2) is 30.4 Å². The summed E-state index contributed by atoms with van der Waals surface area (Å²) in [5.74, 6) is -2.34. The Balaban J connectivity index is 0.000000292. The van der Waals surface area contributed by atoms with Crippen LogP contribution in [0.5, 0.6) is 0 Å². The average molecular weight is 327 g/mol. The molecule has 0 spiro atoms. The van der Waals surface area contributed by atoms with Gasteiger partial charge in [0.2, 0.25) is 0 Å². The lowest BCUT2D eigenvalue weighted by atomic mass is 10.0. The zero-order valence-electron chi connectivity index (χ0n) is 13.9. The van der Waals surface area contributed by atoms with E-state index < -0.39 is 11.9 Å². The number of nitrogens with zero attached hydrogens (tertiary/aromatic N) is 1. The van der Waals surface area contributed by atoms with Gasteiger partial charge in [0.05, 0.1) is 16.6 Å². The van der Waals surface area contributed by atoms with Gasteiger partial charge in [0.15, 0.2) is 0 Å². The third-order valence-electron chi connectivity index (χ3n) is 4.00. The van der Waals surface area contributed by atoms with Crippen molar-refractivity contribution in [3.8, 4) is 0 Å². The summed E-state index contributed by atoms with van der Waals surface area (Å²) >= 11 is 0. The van der Waals surface area contributed by atoms with Crippen LogP contribution in [0.4, 0.5) is 0 Å². The monoisotopic (exact) mass is 327 g/mol. The van der Waals surface area contributed by atoms with E-state index in [0.29, 0.717) is 10.9 Å². The Morgan fingerprint density at radius 1 is 0.958 bits per heavy atom. The van der Waals surface area contributed by atoms with Gasteiger partial charge >= 0.3 is 11.9 Å². The molecular formula is C19H21NO4. The molecule has 24 heavy (non-hydrogen) atoms.